The third-order valence-electron chi connectivity index (χ3n) is 2.36. The molecule has 0 saturated carbocycles. The van der Waals surface area contributed by atoms with Gasteiger partial charge in [0, 0.05) is 12.2 Å². The second-order valence-electron chi connectivity index (χ2n) is 3.71. The van der Waals surface area contributed by atoms with Crippen LogP contribution in [0.1, 0.15) is 6.92 Å². The lowest BCUT2D eigenvalue weighted by molar-refractivity contribution is -0.0175. The Balaban J connectivity index is 1.98. The van der Waals surface area contributed by atoms with Gasteiger partial charge >= 0.3 is 0 Å². The summed E-state index contributed by atoms with van der Waals surface area (Å²) in [6, 6.07) is 10.2. The minimum atomic E-state index is 0.230. The van der Waals surface area contributed by atoms with Gasteiger partial charge in [-0.05, 0) is 19.1 Å². The molecule has 2 atom stereocenters. The molecule has 1 aromatic carbocycles. The van der Waals surface area contributed by atoms with Crippen LogP contribution < -0.4 is 5.43 Å². The molecule has 4 heteroatoms. The van der Waals surface area contributed by atoms with E-state index >= 15 is 0 Å². The Morgan fingerprint density at radius 2 is 2.13 bits per heavy atom. The van der Waals surface area contributed by atoms with Crippen molar-refractivity contribution in [3.05, 3.63) is 30.3 Å². The van der Waals surface area contributed by atoms with Crippen molar-refractivity contribution in [1.82, 2.24) is 5.01 Å². The maximum Gasteiger partial charge on any atom is 0.107 e. The quantitative estimate of drug-likeness (QED) is 0.660. The molecule has 1 aliphatic rings. The van der Waals surface area contributed by atoms with Crippen LogP contribution in [0.4, 0.5) is 5.69 Å². The molecule has 82 valence electrons. The van der Waals surface area contributed by atoms with Gasteiger partial charge in [0.05, 0.1) is 12.7 Å². The molecular formula is C11H15BrN2O. The summed E-state index contributed by atoms with van der Waals surface area (Å²) >= 11 is 3.58. The van der Waals surface area contributed by atoms with Crippen LogP contribution in [0.5, 0.6) is 0 Å². The Bertz CT molecular complexity index is 307. The Morgan fingerprint density at radius 3 is 2.87 bits per heavy atom. The van der Waals surface area contributed by atoms with Crippen molar-refractivity contribution in [2.45, 2.75) is 18.0 Å². The Kier molecular flexibility index (Phi) is 3.61. The minimum Gasteiger partial charge on any atom is -0.374 e. The van der Waals surface area contributed by atoms with E-state index in [1.165, 1.54) is 0 Å². The Morgan fingerprint density at radius 1 is 1.40 bits per heavy atom. The van der Waals surface area contributed by atoms with Crippen LogP contribution in [0, 0.1) is 0 Å². The van der Waals surface area contributed by atoms with E-state index in [2.05, 4.69) is 45.4 Å². The molecular weight excluding hydrogens is 256 g/mol. The summed E-state index contributed by atoms with van der Waals surface area (Å²) in [5.74, 6) is 0. The SMILES string of the molecule is CC1CN(Nc2ccccc2)C(Br)CO1. The molecule has 0 aliphatic carbocycles. The lowest BCUT2D eigenvalue weighted by Crippen LogP contribution is -2.48. The fraction of sp³-hybridized carbons (Fsp3) is 0.455. The van der Waals surface area contributed by atoms with E-state index in [9.17, 15) is 0 Å². The summed E-state index contributed by atoms with van der Waals surface area (Å²) in [6.45, 7) is 3.67. The number of halogens is 1. The normalized spacial score (nSPS) is 27.6. The second kappa shape index (κ2) is 4.96. The molecule has 0 spiro atoms. The molecule has 0 radical (unpaired) electrons. The monoisotopic (exact) mass is 270 g/mol. The number of nitrogens with zero attached hydrogens (tertiary/aromatic N) is 1. The summed E-state index contributed by atoms with van der Waals surface area (Å²) in [5, 5.41) is 2.16. The zero-order chi connectivity index (χ0) is 10.7. The third-order valence-corrected chi connectivity index (χ3v) is 3.12. The van der Waals surface area contributed by atoms with E-state index in [0.29, 0.717) is 6.61 Å². The first-order chi connectivity index (χ1) is 7.25. The molecule has 1 heterocycles. The topological polar surface area (TPSA) is 24.5 Å². The van der Waals surface area contributed by atoms with Gasteiger partial charge in [0.1, 0.15) is 4.95 Å². The van der Waals surface area contributed by atoms with Gasteiger partial charge in [0.2, 0.25) is 0 Å². The number of rotatable bonds is 2. The summed E-state index contributed by atoms with van der Waals surface area (Å²) in [4.78, 5) is 0.230. The third kappa shape index (κ3) is 2.93. The number of hydrazine groups is 1. The first-order valence-electron chi connectivity index (χ1n) is 5.10. The maximum absolute atomic E-state index is 5.53. The molecule has 1 N–H and O–H groups in total. The van der Waals surface area contributed by atoms with Crippen molar-refractivity contribution in [3.63, 3.8) is 0 Å². The number of anilines is 1. The van der Waals surface area contributed by atoms with Crippen LogP contribution in [0.2, 0.25) is 0 Å². The highest BCUT2D eigenvalue weighted by atomic mass is 79.9. The summed E-state index contributed by atoms with van der Waals surface area (Å²) in [5.41, 5.74) is 4.47. The molecule has 2 rings (SSSR count). The van der Waals surface area contributed by atoms with Gasteiger partial charge in [-0.3, -0.25) is 0 Å². The zero-order valence-electron chi connectivity index (χ0n) is 8.69. The maximum atomic E-state index is 5.53. The smallest absolute Gasteiger partial charge is 0.107 e. The van der Waals surface area contributed by atoms with Crippen LogP contribution in [-0.2, 0) is 4.74 Å². The number of ether oxygens (including phenoxy) is 1. The standard InChI is InChI=1S/C11H15BrN2O/c1-9-7-14(11(12)8-15-9)13-10-5-3-2-4-6-10/h2-6,9,11,13H,7-8H2,1H3. The number of para-hydroxylation sites is 1. The van der Waals surface area contributed by atoms with Crippen molar-refractivity contribution in [1.29, 1.82) is 0 Å². The largest absolute Gasteiger partial charge is 0.374 e. The summed E-state index contributed by atoms with van der Waals surface area (Å²) in [7, 11) is 0. The van der Waals surface area contributed by atoms with E-state index in [-0.39, 0.29) is 11.1 Å². The molecule has 0 amide bonds. The fourth-order valence-electron chi connectivity index (χ4n) is 1.57. The number of benzene rings is 1. The van der Waals surface area contributed by atoms with Crippen LogP contribution in [0.3, 0.4) is 0 Å². The van der Waals surface area contributed by atoms with Crippen molar-refractivity contribution in [2.24, 2.45) is 0 Å². The van der Waals surface area contributed by atoms with Crippen LogP contribution in [0.25, 0.3) is 0 Å². The number of hydrogen-bond acceptors (Lipinski definition) is 3. The van der Waals surface area contributed by atoms with Gasteiger partial charge in [-0.25, -0.2) is 5.01 Å². The molecule has 2 unspecified atom stereocenters. The van der Waals surface area contributed by atoms with Gasteiger partial charge in [-0.15, -0.1) is 0 Å². The lowest BCUT2D eigenvalue weighted by atomic mass is 10.3. The first-order valence-corrected chi connectivity index (χ1v) is 6.01. The first kappa shape index (κ1) is 10.9. The fourth-order valence-corrected chi connectivity index (χ4v) is 1.99. The number of morpholine rings is 1. The molecule has 0 bridgehead atoms. The van der Waals surface area contributed by atoms with Crippen molar-refractivity contribution >= 4 is 21.6 Å². The van der Waals surface area contributed by atoms with Gasteiger partial charge < -0.3 is 10.2 Å². The minimum absolute atomic E-state index is 0.230. The van der Waals surface area contributed by atoms with Crippen LogP contribution in [0.15, 0.2) is 30.3 Å². The van der Waals surface area contributed by atoms with Gasteiger partial charge in [-0.2, -0.15) is 0 Å². The average molecular weight is 271 g/mol. The zero-order valence-corrected chi connectivity index (χ0v) is 10.3. The van der Waals surface area contributed by atoms with E-state index in [1.807, 2.05) is 18.2 Å². The highest BCUT2D eigenvalue weighted by molar-refractivity contribution is 9.09. The molecule has 1 saturated heterocycles. The van der Waals surface area contributed by atoms with Crippen molar-refractivity contribution in [3.8, 4) is 0 Å². The van der Waals surface area contributed by atoms with Crippen LogP contribution in [-0.4, -0.2) is 29.2 Å². The van der Waals surface area contributed by atoms with E-state index in [4.69, 9.17) is 4.74 Å². The second-order valence-corrected chi connectivity index (χ2v) is 4.77. The summed E-state index contributed by atoms with van der Waals surface area (Å²) < 4.78 is 5.53. The van der Waals surface area contributed by atoms with E-state index < -0.39 is 0 Å². The van der Waals surface area contributed by atoms with E-state index in [1.54, 1.807) is 0 Å². The van der Waals surface area contributed by atoms with Gasteiger partial charge in [-0.1, -0.05) is 34.1 Å². The molecule has 15 heavy (non-hydrogen) atoms. The number of hydrogen-bond donors (Lipinski definition) is 1. The molecule has 1 fully saturated rings. The Labute approximate surface area is 98.5 Å². The van der Waals surface area contributed by atoms with Gasteiger partial charge in [0.25, 0.3) is 0 Å². The molecule has 3 nitrogen and oxygen atoms in total. The van der Waals surface area contributed by atoms with E-state index in [0.717, 1.165) is 12.2 Å². The summed E-state index contributed by atoms with van der Waals surface area (Å²) in [6.07, 6.45) is 0.273. The predicted octanol–water partition coefficient (Wildman–Crippen LogP) is 2.46. The van der Waals surface area contributed by atoms with Crippen LogP contribution >= 0.6 is 15.9 Å². The number of nitrogens with one attached hydrogen (secondary N) is 1. The molecule has 1 aliphatic heterocycles. The average Bonchev–Trinajstić information content (AvgIpc) is 2.25. The molecule has 1 aromatic rings. The highest BCUT2D eigenvalue weighted by Gasteiger charge is 2.24. The van der Waals surface area contributed by atoms with Gasteiger partial charge in [0.15, 0.2) is 0 Å². The lowest BCUT2D eigenvalue weighted by Gasteiger charge is -2.36. The van der Waals surface area contributed by atoms with Crippen molar-refractivity contribution in [2.75, 3.05) is 18.6 Å². The number of alkyl halides is 1. The van der Waals surface area contributed by atoms with Crippen molar-refractivity contribution < 1.29 is 4.74 Å². The molecule has 0 aromatic heterocycles. The predicted molar refractivity (Wildman–Crippen MR) is 64.9 cm³/mol. The highest BCUT2D eigenvalue weighted by Crippen LogP contribution is 2.18. The Hall–Kier alpha value is -0.580.